The molecule has 21 heavy (non-hydrogen) atoms. The zero-order valence-corrected chi connectivity index (χ0v) is 11.7. The van der Waals surface area contributed by atoms with Crippen molar-refractivity contribution in [2.75, 3.05) is 0 Å². The van der Waals surface area contributed by atoms with Crippen molar-refractivity contribution in [1.82, 2.24) is 15.0 Å². The van der Waals surface area contributed by atoms with Crippen molar-refractivity contribution in [3.8, 4) is 17.3 Å². The lowest BCUT2D eigenvalue weighted by Crippen LogP contribution is -2.04. The molecule has 0 aliphatic carbocycles. The number of hydrogen-bond acceptors (Lipinski definition) is 3. The summed E-state index contributed by atoms with van der Waals surface area (Å²) in [5.41, 5.74) is 4.97. The van der Waals surface area contributed by atoms with Crippen LogP contribution in [0.4, 0.5) is 0 Å². The Labute approximate surface area is 123 Å². The van der Waals surface area contributed by atoms with Gasteiger partial charge in [-0.2, -0.15) is 5.26 Å². The summed E-state index contributed by atoms with van der Waals surface area (Å²) in [5, 5.41) is 17.1. The Bertz CT molecular complexity index is 794. The molecular weight excluding hydrogens is 260 g/mol. The van der Waals surface area contributed by atoms with Gasteiger partial charge in [0, 0.05) is 5.56 Å². The molecule has 2 aromatic carbocycles. The Kier molecular flexibility index (Phi) is 3.48. The van der Waals surface area contributed by atoms with Crippen LogP contribution in [0.15, 0.2) is 54.7 Å². The summed E-state index contributed by atoms with van der Waals surface area (Å²) in [5.74, 6) is 0. The van der Waals surface area contributed by atoms with E-state index < -0.39 is 0 Å². The molecule has 0 aliphatic rings. The van der Waals surface area contributed by atoms with Gasteiger partial charge < -0.3 is 0 Å². The van der Waals surface area contributed by atoms with Gasteiger partial charge in [0.2, 0.25) is 0 Å². The quantitative estimate of drug-likeness (QED) is 0.737. The molecule has 0 aliphatic heterocycles. The van der Waals surface area contributed by atoms with Crippen LogP contribution in [0.25, 0.3) is 11.3 Å². The zero-order chi connectivity index (χ0) is 14.7. The molecule has 1 aromatic heterocycles. The van der Waals surface area contributed by atoms with Crippen molar-refractivity contribution in [1.29, 1.82) is 5.26 Å². The molecule has 0 atom stereocenters. The highest BCUT2D eigenvalue weighted by Gasteiger charge is 2.07. The minimum atomic E-state index is 0.596. The Balaban J connectivity index is 1.92. The molecule has 4 nitrogen and oxygen atoms in total. The van der Waals surface area contributed by atoms with Crippen LogP contribution < -0.4 is 0 Å². The van der Waals surface area contributed by atoms with Gasteiger partial charge >= 0.3 is 0 Å². The predicted molar refractivity (Wildman–Crippen MR) is 80.5 cm³/mol. The van der Waals surface area contributed by atoms with Crippen LogP contribution in [0.1, 0.15) is 16.7 Å². The molecule has 0 saturated heterocycles. The smallest absolute Gasteiger partial charge is 0.0991 e. The first-order valence-electron chi connectivity index (χ1n) is 6.71. The topological polar surface area (TPSA) is 54.5 Å². The Morgan fingerprint density at radius 1 is 1.14 bits per heavy atom. The number of benzene rings is 2. The minimum Gasteiger partial charge on any atom is -0.240 e. The average Bonchev–Trinajstić information content (AvgIpc) is 2.96. The van der Waals surface area contributed by atoms with E-state index in [9.17, 15) is 0 Å². The first kappa shape index (κ1) is 13.1. The largest absolute Gasteiger partial charge is 0.240 e. The lowest BCUT2D eigenvalue weighted by Gasteiger charge is -2.07. The summed E-state index contributed by atoms with van der Waals surface area (Å²) >= 11 is 0. The van der Waals surface area contributed by atoms with Gasteiger partial charge in [-0.05, 0) is 24.6 Å². The van der Waals surface area contributed by atoms with E-state index in [1.165, 1.54) is 5.56 Å². The van der Waals surface area contributed by atoms with Crippen LogP contribution in [0.2, 0.25) is 0 Å². The second kappa shape index (κ2) is 5.59. The van der Waals surface area contributed by atoms with Gasteiger partial charge in [-0.3, -0.25) is 0 Å². The highest BCUT2D eigenvalue weighted by atomic mass is 15.4. The lowest BCUT2D eigenvalue weighted by molar-refractivity contribution is 0.655. The molecule has 0 spiro atoms. The Morgan fingerprint density at radius 2 is 1.95 bits per heavy atom. The fourth-order valence-electron chi connectivity index (χ4n) is 2.23. The van der Waals surface area contributed by atoms with E-state index in [0.29, 0.717) is 12.1 Å². The van der Waals surface area contributed by atoms with E-state index in [4.69, 9.17) is 5.26 Å². The SMILES string of the molecule is Cc1ccc(-c2cnnn2Cc2cccc(C#N)c2)cc1. The summed E-state index contributed by atoms with van der Waals surface area (Å²) in [6, 6.07) is 18.0. The molecule has 3 rings (SSSR count). The van der Waals surface area contributed by atoms with Crippen LogP contribution in [0.3, 0.4) is 0 Å². The fourth-order valence-corrected chi connectivity index (χ4v) is 2.23. The Hall–Kier alpha value is -2.93. The van der Waals surface area contributed by atoms with Crippen molar-refractivity contribution in [3.63, 3.8) is 0 Å². The van der Waals surface area contributed by atoms with Gasteiger partial charge in [-0.25, -0.2) is 4.68 Å². The molecule has 4 heteroatoms. The van der Waals surface area contributed by atoms with Gasteiger partial charge in [0.05, 0.1) is 30.1 Å². The normalized spacial score (nSPS) is 10.3. The van der Waals surface area contributed by atoms with Gasteiger partial charge in [-0.1, -0.05) is 47.2 Å². The summed E-state index contributed by atoms with van der Waals surface area (Å²) in [4.78, 5) is 0. The summed E-state index contributed by atoms with van der Waals surface area (Å²) < 4.78 is 1.85. The number of aryl methyl sites for hydroxylation is 1. The van der Waals surface area contributed by atoms with E-state index in [-0.39, 0.29) is 0 Å². The van der Waals surface area contributed by atoms with Gasteiger partial charge in [0.25, 0.3) is 0 Å². The minimum absolute atomic E-state index is 0.596. The third-order valence-corrected chi connectivity index (χ3v) is 3.35. The molecule has 0 bridgehead atoms. The molecule has 1 heterocycles. The van der Waals surface area contributed by atoms with E-state index in [2.05, 4.69) is 47.6 Å². The number of rotatable bonds is 3. The fraction of sp³-hybridized carbons (Fsp3) is 0.118. The first-order chi connectivity index (χ1) is 10.3. The maximum absolute atomic E-state index is 8.96. The summed E-state index contributed by atoms with van der Waals surface area (Å²) in [6.45, 7) is 2.66. The second-order valence-electron chi connectivity index (χ2n) is 4.96. The van der Waals surface area contributed by atoms with Crippen LogP contribution >= 0.6 is 0 Å². The number of nitriles is 1. The first-order valence-corrected chi connectivity index (χ1v) is 6.71. The van der Waals surface area contributed by atoms with Crippen LogP contribution in [0.5, 0.6) is 0 Å². The zero-order valence-electron chi connectivity index (χ0n) is 11.7. The lowest BCUT2D eigenvalue weighted by atomic mass is 10.1. The molecule has 0 amide bonds. The van der Waals surface area contributed by atoms with Crippen molar-refractivity contribution in [2.24, 2.45) is 0 Å². The third-order valence-electron chi connectivity index (χ3n) is 3.35. The standard InChI is InChI=1S/C17H14N4/c1-13-5-7-16(8-6-13)17-11-19-20-21(17)12-15-4-2-3-14(9-15)10-18/h2-9,11H,12H2,1H3. The van der Waals surface area contributed by atoms with Gasteiger partial charge in [-0.15, -0.1) is 5.10 Å². The maximum Gasteiger partial charge on any atom is 0.0991 e. The van der Waals surface area contributed by atoms with Crippen molar-refractivity contribution in [2.45, 2.75) is 13.5 Å². The van der Waals surface area contributed by atoms with Crippen LogP contribution in [-0.4, -0.2) is 15.0 Å². The molecule has 102 valence electrons. The van der Waals surface area contributed by atoms with Gasteiger partial charge in [0.1, 0.15) is 0 Å². The highest BCUT2D eigenvalue weighted by molar-refractivity contribution is 5.58. The van der Waals surface area contributed by atoms with Crippen molar-refractivity contribution >= 4 is 0 Å². The molecule has 0 saturated carbocycles. The van der Waals surface area contributed by atoms with E-state index >= 15 is 0 Å². The monoisotopic (exact) mass is 274 g/mol. The van der Waals surface area contributed by atoms with Gasteiger partial charge in [0.15, 0.2) is 0 Å². The summed E-state index contributed by atoms with van der Waals surface area (Å²) in [7, 11) is 0. The Morgan fingerprint density at radius 3 is 2.71 bits per heavy atom. The molecule has 0 N–H and O–H groups in total. The van der Waals surface area contributed by atoms with E-state index in [0.717, 1.165) is 16.8 Å². The predicted octanol–water partition coefficient (Wildman–Crippen LogP) is 3.17. The molecule has 3 aromatic rings. The second-order valence-corrected chi connectivity index (χ2v) is 4.96. The summed E-state index contributed by atoms with van der Waals surface area (Å²) in [6.07, 6.45) is 1.76. The van der Waals surface area contributed by atoms with Crippen LogP contribution in [0, 0.1) is 18.3 Å². The average molecular weight is 274 g/mol. The van der Waals surface area contributed by atoms with Crippen molar-refractivity contribution in [3.05, 3.63) is 71.4 Å². The molecule has 0 unspecified atom stereocenters. The maximum atomic E-state index is 8.96. The van der Waals surface area contributed by atoms with E-state index in [1.807, 2.05) is 22.9 Å². The van der Waals surface area contributed by atoms with E-state index in [1.54, 1.807) is 12.3 Å². The number of hydrogen-bond donors (Lipinski definition) is 0. The number of nitrogens with zero attached hydrogens (tertiary/aromatic N) is 4. The van der Waals surface area contributed by atoms with Crippen LogP contribution in [-0.2, 0) is 6.54 Å². The molecular formula is C17H14N4. The third kappa shape index (κ3) is 2.82. The molecule has 0 fully saturated rings. The van der Waals surface area contributed by atoms with Crippen molar-refractivity contribution < 1.29 is 0 Å². The molecule has 0 radical (unpaired) electrons. The number of aromatic nitrogens is 3. The highest BCUT2D eigenvalue weighted by Crippen LogP contribution is 2.19.